The monoisotopic (exact) mass is 341 g/mol. The molecule has 0 atom stereocenters. The molecule has 1 amide bonds. The zero-order valence-electron chi connectivity index (χ0n) is 13.7. The highest BCUT2D eigenvalue weighted by Crippen LogP contribution is 2.14. The Balaban J connectivity index is 1.79. The van der Waals surface area contributed by atoms with Crippen molar-refractivity contribution in [3.63, 3.8) is 0 Å². The van der Waals surface area contributed by atoms with E-state index in [1.54, 1.807) is 32.0 Å². The first-order valence-electron chi connectivity index (χ1n) is 7.69. The summed E-state index contributed by atoms with van der Waals surface area (Å²) in [6.45, 7) is 3.52. The molecule has 0 bridgehead atoms. The molecule has 6 nitrogen and oxygen atoms in total. The number of rotatable bonds is 4. The van der Waals surface area contributed by atoms with Gasteiger partial charge in [0, 0.05) is 18.1 Å². The second-order valence-corrected chi connectivity index (χ2v) is 5.73. The molecule has 7 heteroatoms. The zero-order chi connectivity index (χ0) is 18.0. The first-order valence-corrected chi connectivity index (χ1v) is 7.69. The second-order valence-electron chi connectivity index (χ2n) is 5.73. The Hall–Kier alpha value is -3.22. The third-order valence-electron chi connectivity index (χ3n) is 3.35. The van der Waals surface area contributed by atoms with Gasteiger partial charge in [-0.05, 0) is 44.2 Å². The van der Waals surface area contributed by atoms with Gasteiger partial charge in [-0.3, -0.25) is 4.79 Å². The van der Waals surface area contributed by atoms with E-state index >= 15 is 0 Å². The molecule has 128 valence electrons. The molecule has 2 heterocycles. The molecule has 0 aliphatic carbocycles. The summed E-state index contributed by atoms with van der Waals surface area (Å²) in [6, 6.07) is 9.18. The predicted octanol–water partition coefficient (Wildman–Crippen LogP) is 3.29. The lowest BCUT2D eigenvalue weighted by molar-refractivity contribution is 0.0378. The molecule has 3 aromatic rings. The number of ether oxygens (including phenoxy) is 1. The van der Waals surface area contributed by atoms with Crippen LogP contribution in [0.2, 0.25) is 0 Å². The average molecular weight is 341 g/mol. The quantitative estimate of drug-likeness (QED) is 0.739. The van der Waals surface area contributed by atoms with Crippen LogP contribution in [0.3, 0.4) is 0 Å². The number of nitrogens with one attached hydrogen (secondary N) is 1. The van der Waals surface area contributed by atoms with Crippen molar-refractivity contribution in [2.75, 3.05) is 5.32 Å². The Bertz CT molecular complexity index is 950. The number of pyridine rings is 1. The van der Waals surface area contributed by atoms with Crippen molar-refractivity contribution in [2.24, 2.45) is 0 Å². The van der Waals surface area contributed by atoms with E-state index in [2.05, 4.69) is 10.3 Å². The van der Waals surface area contributed by atoms with Crippen LogP contribution in [0.5, 0.6) is 0 Å². The maximum Gasteiger partial charge on any atom is 0.338 e. The van der Waals surface area contributed by atoms with E-state index in [9.17, 15) is 14.0 Å². The van der Waals surface area contributed by atoms with E-state index in [0.717, 1.165) is 0 Å². The highest BCUT2D eigenvalue weighted by atomic mass is 19.1. The van der Waals surface area contributed by atoms with Crippen LogP contribution < -0.4 is 5.32 Å². The number of hydrogen-bond acceptors (Lipinski definition) is 4. The van der Waals surface area contributed by atoms with Crippen molar-refractivity contribution in [3.05, 3.63) is 65.9 Å². The van der Waals surface area contributed by atoms with Gasteiger partial charge in [0.15, 0.2) is 0 Å². The smallest absolute Gasteiger partial charge is 0.338 e. The average Bonchev–Trinajstić information content (AvgIpc) is 2.97. The van der Waals surface area contributed by atoms with Gasteiger partial charge in [-0.1, -0.05) is 6.07 Å². The molecule has 3 rings (SSSR count). The number of benzene rings is 1. The number of anilines is 1. The molecule has 0 spiro atoms. The van der Waals surface area contributed by atoms with Gasteiger partial charge < -0.3 is 14.5 Å². The maximum absolute atomic E-state index is 13.2. The second kappa shape index (κ2) is 6.72. The van der Waals surface area contributed by atoms with Crippen molar-refractivity contribution in [1.29, 1.82) is 0 Å². The van der Waals surface area contributed by atoms with Crippen LogP contribution in [0.1, 0.15) is 34.7 Å². The number of nitrogens with zero attached hydrogens (tertiary/aromatic N) is 2. The van der Waals surface area contributed by atoms with Crippen LogP contribution in [0.4, 0.5) is 10.1 Å². The third kappa shape index (κ3) is 3.82. The summed E-state index contributed by atoms with van der Waals surface area (Å²) in [5.41, 5.74) is 1.37. The number of imidazole rings is 1. The fraction of sp³-hybridized carbons (Fsp3) is 0.167. The summed E-state index contributed by atoms with van der Waals surface area (Å²) in [4.78, 5) is 28.4. The Morgan fingerprint density at radius 1 is 1.20 bits per heavy atom. The molecule has 0 aliphatic rings. The van der Waals surface area contributed by atoms with Gasteiger partial charge in [0.25, 0.3) is 5.91 Å². The molecule has 0 unspecified atom stereocenters. The summed E-state index contributed by atoms with van der Waals surface area (Å²) in [6.07, 6.45) is 2.44. The fourth-order valence-electron chi connectivity index (χ4n) is 2.28. The van der Waals surface area contributed by atoms with Crippen LogP contribution >= 0.6 is 0 Å². The van der Waals surface area contributed by atoms with Crippen LogP contribution in [-0.2, 0) is 4.74 Å². The van der Waals surface area contributed by atoms with Gasteiger partial charge in [0.2, 0.25) is 0 Å². The zero-order valence-corrected chi connectivity index (χ0v) is 13.7. The Morgan fingerprint density at radius 2 is 2.00 bits per heavy atom. The van der Waals surface area contributed by atoms with E-state index in [0.29, 0.717) is 16.9 Å². The highest BCUT2D eigenvalue weighted by molar-refractivity contribution is 6.03. The number of esters is 1. The SMILES string of the molecule is CC(C)OC(=O)c1cccc(NC(=O)c2cn3cc(F)ccc3n2)c1. The van der Waals surface area contributed by atoms with Gasteiger partial charge in [-0.2, -0.15) is 0 Å². The summed E-state index contributed by atoms with van der Waals surface area (Å²) in [5.74, 6) is -1.35. The van der Waals surface area contributed by atoms with Crippen molar-refractivity contribution >= 4 is 23.2 Å². The Morgan fingerprint density at radius 3 is 2.76 bits per heavy atom. The minimum atomic E-state index is -0.464. The largest absolute Gasteiger partial charge is 0.459 e. The van der Waals surface area contributed by atoms with E-state index < -0.39 is 17.7 Å². The lowest BCUT2D eigenvalue weighted by atomic mass is 10.2. The van der Waals surface area contributed by atoms with Gasteiger partial charge in [0.05, 0.1) is 11.7 Å². The molecule has 2 aromatic heterocycles. The highest BCUT2D eigenvalue weighted by Gasteiger charge is 2.14. The van der Waals surface area contributed by atoms with Gasteiger partial charge in [-0.15, -0.1) is 0 Å². The van der Waals surface area contributed by atoms with E-state index in [1.807, 2.05) is 0 Å². The van der Waals surface area contributed by atoms with Gasteiger partial charge in [0.1, 0.15) is 17.2 Å². The first-order chi connectivity index (χ1) is 11.9. The standard InChI is InChI=1S/C18H16FN3O3/c1-11(2)25-18(24)12-4-3-5-14(8-12)20-17(23)15-10-22-9-13(19)6-7-16(22)21-15/h3-11H,1-2H3,(H,20,23). The number of aromatic nitrogens is 2. The Labute approximate surface area is 143 Å². The van der Waals surface area contributed by atoms with E-state index in [-0.39, 0.29) is 11.8 Å². The molecule has 1 aromatic carbocycles. The maximum atomic E-state index is 13.2. The number of amides is 1. The minimum Gasteiger partial charge on any atom is -0.459 e. The fourth-order valence-corrected chi connectivity index (χ4v) is 2.28. The van der Waals surface area contributed by atoms with Crippen molar-refractivity contribution < 1.29 is 18.7 Å². The normalized spacial score (nSPS) is 10.9. The topological polar surface area (TPSA) is 72.7 Å². The number of carbonyl (C=O) groups excluding carboxylic acids is 2. The van der Waals surface area contributed by atoms with Crippen molar-refractivity contribution in [3.8, 4) is 0 Å². The molecular formula is C18H16FN3O3. The first kappa shape index (κ1) is 16.6. The predicted molar refractivity (Wildman–Crippen MR) is 90.1 cm³/mol. The van der Waals surface area contributed by atoms with E-state index in [4.69, 9.17) is 4.74 Å². The summed E-state index contributed by atoms with van der Waals surface area (Å²) in [7, 11) is 0. The molecule has 0 radical (unpaired) electrons. The van der Waals surface area contributed by atoms with Crippen LogP contribution in [-0.4, -0.2) is 27.4 Å². The van der Waals surface area contributed by atoms with Crippen LogP contribution in [0, 0.1) is 5.82 Å². The molecule has 0 saturated heterocycles. The van der Waals surface area contributed by atoms with Crippen LogP contribution in [0.25, 0.3) is 5.65 Å². The van der Waals surface area contributed by atoms with Crippen molar-refractivity contribution in [1.82, 2.24) is 9.38 Å². The summed E-state index contributed by atoms with van der Waals surface area (Å²) >= 11 is 0. The van der Waals surface area contributed by atoms with Crippen molar-refractivity contribution in [2.45, 2.75) is 20.0 Å². The van der Waals surface area contributed by atoms with E-state index in [1.165, 1.54) is 35.0 Å². The lowest BCUT2D eigenvalue weighted by Crippen LogP contribution is -2.14. The van der Waals surface area contributed by atoms with Gasteiger partial charge >= 0.3 is 5.97 Å². The molecule has 1 N–H and O–H groups in total. The minimum absolute atomic E-state index is 0.140. The third-order valence-corrected chi connectivity index (χ3v) is 3.35. The molecular weight excluding hydrogens is 325 g/mol. The molecule has 0 aliphatic heterocycles. The number of hydrogen-bond donors (Lipinski definition) is 1. The lowest BCUT2D eigenvalue weighted by Gasteiger charge is -2.09. The Kier molecular flexibility index (Phi) is 4.47. The van der Waals surface area contributed by atoms with Crippen LogP contribution in [0.15, 0.2) is 48.8 Å². The summed E-state index contributed by atoms with van der Waals surface area (Å²) < 4.78 is 19.8. The molecule has 0 saturated carbocycles. The molecule has 0 fully saturated rings. The summed E-state index contributed by atoms with van der Waals surface area (Å²) in [5, 5.41) is 2.67. The number of fused-ring (bicyclic) bond motifs is 1. The van der Waals surface area contributed by atoms with Gasteiger partial charge in [-0.25, -0.2) is 14.2 Å². The number of carbonyl (C=O) groups is 2. The number of halogens is 1. The molecule has 25 heavy (non-hydrogen) atoms.